The lowest BCUT2D eigenvalue weighted by Crippen LogP contribution is -2.53. The molecule has 7 rings (SSSR count). The van der Waals surface area contributed by atoms with Gasteiger partial charge >= 0.3 is 67.8 Å². The van der Waals surface area contributed by atoms with Gasteiger partial charge in [-0.1, -0.05) is 127 Å². The van der Waals surface area contributed by atoms with Crippen molar-refractivity contribution in [3.63, 3.8) is 0 Å². The quantitative estimate of drug-likeness (QED) is 0.0178. The van der Waals surface area contributed by atoms with Crippen LogP contribution >= 0.6 is 0 Å². The van der Waals surface area contributed by atoms with Crippen LogP contribution in [0.2, 0.25) is 0 Å². The molecule has 130 heavy (non-hydrogen) atoms. The Morgan fingerprint density at radius 1 is 0.277 bits per heavy atom. The smallest absolute Gasteiger partial charge is 0.311 e. The molecule has 9 unspecified atom stereocenters. The first-order chi connectivity index (χ1) is 59.0. The largest absolute Gasteiger partial charge is 0.469 e. The van der Waals surface area contributed by atoms with Gasteiger partial charge in [-0.15, -0.1) is 0 Å². The van der Waals surface area contributed by atoms with Gasteiger partial charge in [0.1, 0.15) is 19.0 Å². The predicted molar refractivity (Wildman–Crippen MR) is 415 cm³/mol. The summed E-state index contributed by atoms with van der Waals surface area (Å²) in [5.41, 5.74) is -2.73. The molecule has 0 saturated carbocycles. The van der Waals surface area contributed by atoms with Gasteiger partial charge in [-0.3, -0.25) is 10.6 Å². The Morgan fingerprint density at radius 2 is 0.508 bits per heavy atom. The highest BCUT2D eigenvalue weighted by Crippen LogP contribution is 2.38. The topological polar surface area (TPSA) is 84.2 Å². The van der Waals surface area contributed by atoms with Crippen molar-refractivity contribution in [3.05, 3.63) is 248 Å². The number of halogens is 38. The molecule has 0 spiro atoms. The fraction of sp³-hybridized carbons (Fsp3) is 0.506. The summed E-state index contributed by atoms with van der Waals surface area (Å²) in [5, 5.41) is 15.7. The number of alkyl halides is 38. The zero-order valence-corrected chi connectivity index (χ0v) is 70.6. The summed E-state index contributed by atoms with van der Waals surface area (Å²) >= 11 is 0. The third kappa shape index (κ3) is 52.2. The van der Waals surface area contributed by atoms with Crippen molar-refractivity contribution in [2.24, 2.45) is 0 Å². The van der Waals surface area contributed by atoms with Crippen LogP contribution in [0.3, 0.4) is 0 Å². The van der Waals surface area contributed by atoms with Crippen LogP contribution in [0.5, 0.6) is 0 Å². The zero-order chi connectivity index (χ0) is 100. The van der Waals surface area contributed by atoms with E-state index >= 15 is 0 Å². The summed E-state index contributed by atoms with van der Waals surface area (Å²) in [6, 6.07) is 19.3. The lowest BCUT2D eigenvalue weighted by atomic mass is 10.0. The van der Waals surface area contributed by atoms with E-state index in [1.165, 1.54) is 88.4 Å². The molecule has 7 N–H and O–H groups in total. The van der Waals surface area contributed by atoms with Gasteiger partial charge < -0.3 is 21.3 Å². The standard InChI is InChI=1S/C13H15F6N.C12H11F8N.C12H13F6N.2C12H14F5N.2C12H15F4N/c1-8(20-9(2)12(14,15)16)6-10-4-3-5-11(7-10)13(17,18)19;1-7(21-12(19,20)11(16,17)18)5-8-3-2-4-9(6-8)10(13,14)15;1-8(19-7-11(13,14)15)5-9-3-2-4-10(6-9)12(16,17)18;1-8(18-11(2,13)14)6-9-4-3-5-10(7-9)12(15,16)17;1-8(18-7-11(13)14)5-9-3-2-4-10(6-9)12(15,16)17;1-8(17-9(2)13)6-10-4-3-5-11(7-10)12(14,15)16;1-9(17-6-5-13)7-10-3-2-4-11(8-10)12(14,15)16/h3-5,7-9,20H,6H2,1-2H3;2-4,6-7,21H,5H2,1H3;2-4,6,8,19H,5,7H2,1H3;3-5,7-8,18H,6H2,1-2H3;2-4,6,8,11,18H,5,7H2,1H3;3-5,7-9,17H,6H2,1-2H3;2-4,8-9,17H,5-7H2,1H3. The van der Waals surface area contributed by atoms with Crippen LogP contribution in [-0.2, 0) is 88.2 Å². The fourth-order valence-electron chi connectivity index (χ4n) is 11.7. The SMILES string of the molecule is CC(Cc1cccc(C(F)(F)F)c1)NC(C)(F)F.CC(Cc1cccc(C(F)(F)F)c1)NC(C)C(F)(F)F.CC(Cc1cccc(C(F)(F)F)c1)NC(F)(F)C(F)(F)F.CC(Cc1cccc(C(F)(F)F)c1)NCC(F)(F)F.CC(Cc1cccc(C(F)(F)F)c1)NCC(F)F.CC(Cc1cccc(C(F)(F)F)c1)NCCF.CC(F)NC(C)Cc1cccc(C(F)(F)F)c1. The average molecular weight is 1940 g/mol. The first-order valence-corrected chi connectivity index (χ1v) is 38.8. The second kappa shape index (κ2) is 52.3. The summed E-state index contributed by atoms with van der Waals surface area (Å²) in [4.78, 5) is 0. The Hall–Kier alpha value is -8.40. The number of benzene rings is 7. The van der Waals surface area contributed by atoms with E-state index in [1.54, 1.807) is 32.0 Å². The van der Waals surface area contributed by atoms with Gasteiger partial charge in [0.15, 0.2) is 0 Å². The Morgan fingerprint density at radius 3 is 0.723 bits per heavy atom. The normalized spacial score (nSPS) is 14.8. The second-order valence-electron chi connectivity index (χ2n) is 30.0. The third-order valence-corrected chi connectivity index (χ3v) is 17.3. The minimum Gasteiger partial charge on any atom is -0.311 e. The van der Waals surface area contributed by atoms with Crippen LogP contribution in [-0.4, -0.2) is 118 Å². The van der Waals surface area contributed by atoms with Crippen molar-refractivity contribution in [1.29, 1.82) is 0 Å². The highest BCUT2D eigenvalue weighted by Gasteiger charge is 2.58. The highest BCUT2D eigenvalue weighted by molar-refractivity contribution is 5.32. The Balaban J connectivity index is 0.000000759. The molecule has 9 atom stereocenters. The van der Waals surface area contributed by atoms with Crippen molar-refractivity contribution in [1.82, 2.24) is 37.2 Å². The average Bonchev–Trinajstić information content (AvgIpc) is 0.815. The molecule has 7 aromatic rings. The lowest BCUT2D eigenvalue weighted by Gasteiger charge is -2.24. The van der Waals surface area contributed by atoms with Crippen molar-refractivity contribution < 1.29 is 167 Å². The van der Waals surface area contributed by atoms with E-state index in [9.17, 15) is 167 Å². The predicted octanol–water partition coefficient (Wildman–Crippen LogP) is 26.4. The molecule has 0 aliphatic rings. The minimum absolute atomic E-state index is 0.00259. The number of nitrogens with one attached hydrogen (secondary N) is 7. The molecule has 0 aliphatic heterocycles. The van der Waals surface area contributed by atoms with Gasteiger partial charge in [0.05, 0.1) is 52.0 Å². The molecular formula is C85H97F38N7. The number of rotatable bonds is 30. The molecule has 0 saturated heterocycles. The molecule has 7 aromatic carbocycles. The van der Waals surface area contributed by atoms with Crippen molar-refractivity contribution >= 4 is 0 Å². The Bertz CT molecular complexity index is 4330. The number of hydrogen-bond acceptors (Lipinski definition) is 7. The Kier molecular flexibility index (Phi) is 48.1. The second-order valence-corrected chi connectivity index (χ2v) is 30.0. The van der Waals surface area contributed by atoms with Crippen molar-refractivity contribution in [2.45, 2.75) is 249 Å². The van der Waals surface area contributed by atoms with E-state index in [-0.39, 0.29) is 55.9 Å². The van der Waals surface area contributed by atoms with Crippen molar-refractivity contribution in [3.8, 4) is 0 Å². The zero-order valence-electron chi connectivity index (χ0n) is 70.6. The van der Waals surface area contributed by atoms with Gasteiger partial charge in [-0.2, -0.15) is 149 Å². The molecule has 0 bridgehead atoms. The Labute approximate surface area is 725 Å². The van der Waals surface area contributed by atoms with Crippen LogP contribution in [0.1, 0.15) is 147 Å². The van der Waals surface area contributed by atoms with Crippen LogP contribution in [0.25, 0.3) is 0 Å². The maximum absolute atomic E-state index is 12.7. The molecule has 7 nitrogen and oxygen atoms in total. The molecule has 0 amide bonds. The molecule has 0 aromatic heterocycles. The summed E-state index contributed by atoms with van der Waals surface area (Å²) in [6.45, 7) is 11.9. The van der Waals surface area contributed by atoms with Gasteiger partial charge in [0.2, 0.25) is 0 Å². The van der Waals surface area contributed by atoms with Gasteiger partial charge in [-0.05, 0) is 189 Å². The summed E-state index contributed by atoms with van der Waals surface area (Å²) in [7, 11) is 0. The molecule has 45 heteroatoms. The van der Waals surface area contributed by atoms with Crippen LogP contribution in [0.4, 0.5) is 167 Å². The summed E-state index contributed by atoms with van der Waals surface area (Å²) in [5.74, 6) is 0. The maximum atomic E-state index is 12.7. The maximum Gasteiger partial charge on any atom is 0.469 e. The van der Waals surface area contributed by atoms with E-state index in [2.05, 4.69) is 26.6 Å². The molecule has 0 fully saturated rings. The van der Waals surface area contributed by atoms with Crippen LogP contribution < -0.4 is 37.2 Å². The van der Waals surface area contributed by atoms with Crippen LogP contribution in [0.15, 0.2) is 170 Å². The molecule has 738 valence electrons. The summed E-state index contributed by atoms with van der Waals surface area (Å²) < 4.78 is 470. The van der Waals surface area contributed by atoms with Gasteiger partial charge in [-0.25, -0.2) is 22.9 Å². The van der Waals surface area contributed by atoms with E-state index in [0.29, 0.717) is 59.2 Å². The van der Waals surface area contributed by atoms with E-state index in [1.807, 2.05) is 12.2 Å². The fourth-order valence-corrected chi connectivity index (χ4v) is 11.7. The first kappa shape index (κ1) is 120. The van der Waals surface area contributed by atoms with Crippen molar-refractivity contribution in [2.75, 3.05) is 26.3 Å². The molecule has 0 aliphatic carbocycles. The molecule has 0 heterocycles. The monoisotopic (exact) mass is 1940 g/mol. The van der Waals surface area contributed by atoms with Gasteiger partial charge in [0, 0.05) is 55.8 Å². The van der Waals surface area contributed by atoms with E-state index in [0.717, 1.165) is 104 Å². The van der Waals surface area contributed by atoms with E-state index in [4.69, 9.17) is 0 Å². The summed E-state index contributed by atoms with van der Waals surface area (Å²) in [6.07, 6.45) is -48.1. The number of hydrogen-bond donors (Lipinski definition) is 7. The lowest BCUT2D eigenvalue weighted by molar-refractivity contribution is -0.297. The van der Waals surface area contributed by atoms with Gasteiger partial charge in [0.25, 0.3) is 12.5 Å². The molecular weight excluding hydrogens is 1840 g/mol. The highest BCUT2D eigenvalue weighted by atomic mass is 19.5. The minimum atomic E-state index is -5.77. The van der Waals surface area contributed by atoms with Crippen LogP contribution in [0, 0.1) is 0 Å². The first-order valence-electron chi connectivity index (χ1n) is 38.8. The third-order valence-electron chi connectivity index (χ3n) is 17.3. The molecule has 0 radical (unpaired) electrons. The van der Waals surface area contributed by atoms with E-state index < -0.39 is 182 Å².